The highest BCUT2D eigenvalue weighted by molar-refractivity contribution is 7.90. The van der Waals surface area contributed by atoms with Crippen LogP contribution in [0, 0.1) is 0 Å². The van der Waals surface area contributed by atoms with E-state index in [1.54, 1.807) is 6.07 Å². The van der Waals surface area contributed by atoms with Gasteiger partial charge in [-0.3, -0.25) is 4.79 Å². The second-order valence-electron chi connectivity index (χ2n) is 5.98. The number of rotatable bonds is 6. The first-order valence-electron chi connectivity index (χ1n) is 8.06. The van der Waals surface area contributed by atoms with Gasteiger partial charge in [0.1, 0.15) is 5.69 Å². The largest absolute Gasteiger partial charge is 0.300 e. The zero-order chi connectivity index (χ0) is 21.3. The van der Waals surface area contributed by atoms with Gasteiger partial charge in [-0.05, 0) is 12.1 Å². The number of benzene rings is 1. The first kappa shape index (κ1) is 20.6. The highest BCUT2D eigenvalue weighted by atomic mass is 32.2. The summed E-state index contributed by atoms with van der Waals surface area (Å²) in [7, 11) is -3.57. The van der Waals surface area contributed by atoms with Gasteiger partial charge in [0.15, 0.2) is 15.7 Å². The maximum atomic E-state index is 13.5. The molecule has 3 rings (SSSR count). The fourth-order valence-electron chi connectivity index (χ4n) is 2.69. The number of halogens is 4. The minimum atomic E-state index is -3.57. The van der Waals surface area contributed by atoms with Crippen LogP contribution in [0.2, 0.25) is 0 Å². The molecule has 11 heteroatoms. The van der Waals surface area contributed by atoms with E-state index < -0.39 is 39.7 Å². The van der Waals surface area contributed by atoms with Crippen LogP contribution in [0.5, 0.6) is 0 Å². The normalized spacial score (nSPS) is 12.0. The van der Waals surface area contributed by atoms with E-state index in [1.807, 2.05) is 0 Å². The van der Waals surface area contributed by atoms with Gasteiger partial charge in [-0.1, -0.05) is 30.3 Å². The number of sulfone groups is 1. The predicted molar refractivity (Wildman–Crippen MR) is 95.2 cm³/mol. The summed E-state index contributed by atoms with van der Waals surface area (Å²) in [6.45, 7) is 0. The summed E-state index contributed by atoms with van der Waals surface area (Å²) in [5.74, 6) is -1.91. The summed E-state index contributed by atoms with van der Waals surface area (Å²) < 4.78 is 77.3. The molecular weight excluding hydrogens is 414 g/mol. The van der Waals surface area contributed by atoms with Crippen LogP contribution in [0.3, 0.4) is 0 Å². The molecule has 6 nitrogen and oxygen atoms in total. The number of aromatic nitrogens is 3. The lowest BCUT2D eigenvalue weighted by atomic mass is 10.0. The van der Waals surface area contributed by atoms with Crippen LogP contribution in [0.25, 0.3) is 17.1 Å². The van der Waals surface area contributed by atoms with Crippen molar-refractivity contribution in [3.05, 3.63) is 59.9 Å². The van der Waals surface area contributed by atoms with Crippen molar-refractivity contribution in [3.8, 4) is 17.1 Å². The minimum absolute atomic E-state index is 0.119. The third kappa shape index (κ3) is 4.04. The van der Waals surface area contributed by atoms with E-state index in [0.717, 1.165) is 17.1 Å². The third-order valence-electron chi connectivity index (χ3n) is 3.98. The number of hydrogen-bond acceptors (Lipinski definition) is 5. The third-order valence-corrected chi connectivity index (χ3v) is 5.07. The molecule has 0 bridgehead atoms. The number of pyridine rings is 1. The molecule has 152 valence electrons. The van der Waals surface area contributed by atoms with Gasteiger partial charge in [0.05, 0.1) is 16.2 Å². The highest BCUT2D eigenvalue weighted by Gasteiger charge is 2.34. The van der Waals surface area contributed by atoms with Gasteiger partial charge in [0.2, 0.25) is 5.78 Å². The average Bonchev–Trinajstić information content (AvgIpc) is 3.08. The maximum Gasteiger partial charge on any atom is 0.300 e. The van der Waals surface area contributed by atoms with Crippen LogP contribution in [0.4, 0.5) is 17.6 Å². The van der Waals surface area contributed by atoms with Crippen molar-refractivity contribution in [2.75, 3.05) is 6.26 Å². The maximum absolute atomic E-state index is 13.5. The van der Waals surface area contributed by atoms with Gasteiger partial charge >= 0.3 is 6.43 Å². The van der Waals surface area contributed by atoms with Crippen LogP contribution >= 0.6 is 0 Å². The number of Topliss-reactive ketones (excluding diaryl/α,β-unsaturated/α-hetero) is 1. The predicted octanol–water partition coefficient (Wildman–Crippen LogP) is 3.72. The molecule has 0 saturated heterocycles. The van der Waals surface area contributed by atoms with Crippen LogP contribution < -0.4 is 0 Å². The number of hydrogen-bond donors (Lipinski definition) is 0. The van der Waals surface area contributed by atoms with Gasteiger partial charge in [-0.15, -0.1) is 0 Å². The molecule has 3 aromatic rings. The molecule has 2 heterocycles. The van der Waals surface area contributed by atoms with Crippen LogP contribution in [-0.4, -0.2) is 41.6 Å². The fourth-order valence-corrected chi connectivity index (χ4v) is 3.24. The number of carbonyl (C=O) groups is 1. The zero-order valence-electron chi connectivity index (χ0n) is 14.8. The first-order chi connectivity index (χ1) is 13.6. The number of nitrogens with zero attached hydrogens (tertiary/aromatic N) is 3. The van der Waals surface area contributed by atoms with Gasteiger partial charge in [0, 0.05) is 18.0 Å². The lowest BCUT2D eigenvalue weighted by Crippen LogP contribution is -2.13. The van der Waals surface area contributed by atoms with Crippen LogP contribution in [0.15, 0.2) is 53.6 Å². The Kier molecular flexibility index (Phi) is 5.51. The number of ketones is 1. The summed E-state index contributed by atoms with van der Waals surface area (Å²) in [5, 5.41) is 3.65. The molecule has 0 aliphatic carbocycles. The molecule has 2 aromatic heterocycles. The van der Waals surface area contributed by atoms with E-state index in [9.17, 15) is 30.8 Å². The van der Waals surface area contributed by atoms with E-state index in [1.165, 1.54) is 36.4 Å². The number of alkyl halides is 4. The van der Waals surface area contributed by atoms with Crippen molar-refractivity contribution in [1.82, 2.24) is 14.8 Å². The monoisotopic (exact) mass is 427 g/mol. The zero-order valence-corrected chi connectivity index (χ0v) is 15.6. The molecule has 0 saturated carbocycles. The van der Waals surface area contributed by atoms with E-state index in [0.29, 0.717) is 0 Å². The lowest BCUT2D eigenvalue weighted by molar-refractivity contribution is 0.0669. The van der Waals surface area contributed by atoms with Crippen molar-refractivity contribution in [1.29, 1.82) is 0 Å². The Balaban J connectivity index is 2.32. The molecule has 0 fully saturated rings. The smallest absolute Gasteiger partial charge is 0.288 e. The lowest BCUT2D eigenvalue weighted by Gasteiger charge is -2.09. The second-order valence-corrected chi connectivity index (χ2v) is 7.99. The molecule has 0 aliphatic heterocycles. The summed E-state index contributed by atoms with van der Waals surface area (Å²) in [6.07, 6.45) is -4.88. The quantitative estimate of drug-likeness (QED) is 0.442. The van der Waals surface area contributed by atoms with Crippen molar-refractivity contribution in [2.45, 2.75) is 17.7 Å². The summed E-state index contributed by atoms with van der Waals surface area (Å²) in [5.41, 5.74) is -2.12. The molecular formula is C18H13F4N3O3S. The van der Waals surface area contributed by atoms with Gasteiger partial charge in [-0.25, -0.2) is 35.6 Å². The van der Waals surface area contributed by atoms with Crippen molar-refractivity contribution < 1.29 is 30.8 Å². The Morgan fingerprint density at radius 2 is 1.69 bits per heavy atom. The Hall–Kier alpha value is -3.08. The van der Waals surface area contributed by atoms with E-state index >= 15 is 0 Å². The fraction of sp³-hybridized carbons (Fsp3) is 0.167. The van der Waals surface area contributed by atoms with Crippen LogP contribution in [-0.2, 0) is 9.84 Å². The molecule has 0 spiro atoms. The van der Waals surface area contributed by atoms with Gasteiger partial charge in [-0.2, -0.15) is 5.10 Å². The molecule has 0 aliphatic rings. The summed E-state index contributed by atoms with van der Waals surface area (Å²) in [4.78, 5) is 15.8. The van der Waals surface area contributed by atoms with E-state index in [2.05, 4.69) is 10.1 Å². The minimum Gasteiger partial charge on any atom is -0.288 e. The van der Waals surface area contributed by atoms with Crippen molar-refractivity contribution in [2.24, 2.45) is 0 Å². The highest BCUT2D eigenvalue weighted by Crippen LogP contribution is 2.34. The average molecular weight is 427 g/mol. The summed E-state index contributed by atoms with van der Waals surface area (Å²) >= 11 is 0. The van der Waals surface area contributed by atoms with E-state index in [4.69, 9.17) is 0 Å². The topological polar surface area (TPSA) is 81.9 Å². The van der Waals surface area contributed by atoms with Gasteiger partial charge < -0.3 is 0 Å². The van der Waals surface area contributed by atoms with Crippen molar-refractivity contribution >= 4 is 15.6 Å². The SMILES string of the molecule is CS(=O)(=O)c1ccc(-n2nc(C(F)F)c(C(=O)C(F)F)c2-c2ccccc2)nc1. The molecule has 1 aromatic carbocycles. The first-order valence-corrected chi connectivity index (χ1v) is 9.95. The van der Waals surface area contributed by atoms with Crippen molar-refractivity contribution in [3.63, 3.8) is 0 Å². The Morgan fingerprint density at radius 3 is 2.17 bits per heavy atom. The van der Waals surface area contributed by atoms with Gasteiger partial charge in [0.25, 0.3) is 6.43 Å². The van der Waals surface area contributed by atoms with Crippen LogP contribution in [0.1, 0.15) is 22.5 Å². The Bertz CT molecular complexity index is 1150. The summed E-state index contributed by atoms with van der Waals surface area (Å²) in [6, 6.07) is 9.92. The molecule has 0 radical (unpaired) electrons. The Morgan fingerprint density at radius 1 is 1.03 bits per heavy atom. The Labute approximate surface area is 162 Å². The molecule has 0 atom stereocenters. The molecule has 0 unspecified atom stereocenters. The molecule has 0 amide bonds. The van der Waals surface area contributed by atoms with E-state index in [-0.39, 0.29) is 22.0 Å². The molecule has 29 heavy (non-hydrogen) atoms. The standard InChI is InChI=1S/C18H13F4N3O3S/c1-29(27,28)11-7-8-12(23-9-11)25-15(10-5-3-2-4-6-10)13(16(26)18(21)22)14(24-25)17(19)20/h2-9,17-18H,1H3. The number of carbonyl (C=O) groups excluding carboxylic acids is 1. The second kappa shape index (κ2) is 7.74. The molecule has 0 N–H and O–H groups in total.